The van der Waals surface area contributed by atoms with E-state index in [4.69, 9.17) is 16.3 Å². The van der Waals surface area contributed by atoms with E-state index in [0.717, 1.165) is 12.8 Å². The lowest BCUT2D eigenvalue weighted by Gasteiger charge is -2.28. The SMILES string of the molecule is O=C(O)[C@H]1CCCC[C@@H]1C(=O)Nc1ccc(C(=O)N2CCOCC2)c(Cl)c1. The lowest BCUT2D eigenvalue weighted by molar-refractivity contribution is -0.147. The van der Waals surface area contributed by atoms with Crippen molar-refractivity contribution >= 4 is 35.1 Å². The Bertz CT molecular complexity index is 733. The number of hydrogen-bond donors (Lipinski definition) is 2. The lowest BCUT2D eigenvalue weighted by Crippen LogP contribution is -2.40. The molecule has 1 aliphatic carbocycles. The minimum absolute atomic E-state index is 0.167. The molecule has 7 nitrogen and oxygen atoms in total. The molecule has 2 N–H and O–H groups in total. The van der Waals surface area contributed by atoms with Gasteiger partial charge in [0.25, 0.3) is 5.91 Å². The van der Waals surface area contributed by atoms with E-state index in [1.54, 1.807) is 17.0 Å². The highest BCUT2D eigenvalue weighted by Gasteiger charge is 2.35. The third-order valence-electron chi connectivity index (χ3n) is 5.19. The molecule has 1 saturated carbocycles. The van der Waals surface area contributed by atoms with Crippen molar-refractivity contribution < 1.29 is 24.2 Å². The second-order valence-electron chi connectivity index (χ2n) is 6.92. The first kappa shape index (κ1) is 19.6. The number of aliphatic carboxylic acids is 1. The van der Waals surface area contributed by atoms with Crippen LogP contribution in [0.1, 0.15) is 36.0 Å². The van der Waals surface area contributed by atoms with Gasteiger partial charge in [0.15, 0.2) is 0 Å². The fourth-order valence-electron chi connectivity index (χ4n) is 3.68. The fraction of sp³-hybridized carbons (Fsp3) is 0.526. The third-order valence-corrected chi connectivity index (χ3v) is 5.50. The van der Waals surface area contributed by atoms with Crippen LogP contribution in [0.5, 0.6) is 0 Å². The summed E-state index contributed by atoms with van der Waals surface area (Å²) >= 11 is 6.27. The Labute approximate surface area is 162 Å². The summed E-state index contributed by atoms with van der Waals surface area (Å²) < 4.78 is 5.25. The number of carbonyl (C=O) groups is 3. The molecule has 1 aliphatic heterocycles. The predicted octanol–water partition coefficient (Wildman–Crippen LogP) is 2.64. The number of halogens is 1. The fourth-order valence-corrected chi connectivity index (χ4v) is 3.94. The highest BCUT2D eigenvalue weighted by Crippen LogP contribution is 2.32. The molecule has 8 heteroatoms. The maximum Gasteiger partial charge on any atom is 0.307 e. The van der Waals surface area contributed by atoms with Gasteiger partial charge in [-0.3, -0.25) is 14.4 Å². The van der Waals surface area contributed by atoms with Gasteiger partial charge >= 0.3 is 5.97 Å². The molecule has 27 heavy (non-hydrogen) atoms. The van der Waals surface area contributed by atoms with Gasteiger partial charge in [0.05, 0.1) is 35.6 Å². The van der Waals surface area contributed by atoms with Crippen molar-refractivity contribution in [2.75, 3.05) is 31.6 Å². The van der Waals surface area contributed by atoms with Crippen molar-refractivity contribution in [3.63, 3.8) is 0 Å². The number of carbonyl (C=O) groups excluding carboxylic acids is 2. The van der Waals surface area contributed by atoms with Gasteiger partial charge in [-0.05, 0) is 31.0 Å². The van der Waals surface area contributed by atoms with Crippen molar-refractivity contribution in [3.8, 4) is 0 Å². The zero-order valence-corrected chi connectivity index (χ0v) is 15.7. The van der Waals surface area contributed by atoms with Crippen molar-refractivity contribution in [2.24, 2.45) is 11.8 Å². The normalized spacial score (nSPS) is 22.9. The number of rotatable bonds is 4. The van der Waals surface area contributed by atoms with Crippen molar-refractivity contribution in [1.29, 1.82) is 0 Å². The first-order valence-corrected chi connectivity index (χ1v) is 9.55. The molecule has 3 rings (SSSR count). The van der Waals surface area contributed by atoms with Gasteiger partial charge in [0.1, 0.15) is 0 Å². The van der Waals surface area contributed by atoms with Crippen LogP contribution >= 0.6 is 11.6 Å². The number of benzene rings is 1. The van der Waals surface area contributed by atoms with Gasteiger partial charge in [-0.1, -0.05) is 24.4 Å². The van der Waals surface area contributed by atoms with Gasteiger partial charge in [0.2, 0.25) is 5.91 Å². The monoisotopic (exact) mass is 394 g/mol. The quantitative estimate of drug-likeness (QED) is 0.818. The maximum atomic E-state index is 12.6. The van der Waals surface area contributed by atoms with Crippen LogP contribution in [-0.2, 0) is 14.3 Å². The molecule has 1 aromatic carbocycles. The zero-order valence-electron chi connectivity index (χ0n) is 14.9. The predicted molar refractivity (Wildman–Crippen MR) is 99.9 cm³/mol. The van der Waals surface area contributed by atoms with E-state index in [1.807, 2.05) is 0 Å². The summed E-state index contributed by atoms with van der Waals surface area (Å²) in [5, 5.41) is 12.3. The number of carboxylic acid groups (broad SMARTS) is 1. The second-order valence-corrected chi connectivity index (χ2v) is 7.33. The zero-order chi connectivity index (χ0) is 19.4. The van der Waals surface area contributed by atoms with Crippen LogP contribution in [0.2, 0.25) is 5.02 Å². The molecule has 146 valence electrons. The van der Waals surface area contributed by atoms with Crippen molar-refractivity contribution in [1.82, 2.24) is 4.90 Å². The average Bonchev–Trinajstić information content (AvgIpc) is 2.68. The highest BCUT2D eigenvalue weighted by molar-refractivity contribution is 6.34. The standard InChI is InChI=1S/C19H23ClN2O5/c20-16-11-12(5-6-15(16)18(24)22-7-9-27-10-8-22)21-17(23)13-3-1-2-4-14(13)19(25)26/h5-6,11,13-14H,1-4,7-10H2,(H,21,23)(H,25,26)/t13-,14-/m0/s1. The number of morpholine rings is 1. The summed E-state index contributed by atoms with van der Waals surface area (Å²) in [6, 6.07) is 4.74. The molecule has 0 bridgehead atoms. The van der Waals surface area contributed by atoms with Crippen LogP contribution in [0, 0.1) is 11.8 Å². The molecule has 1 saturated heterocycles. The largest absolute Gasteiger partial charge is 0.481 e. The number of anilines is 1. The third kappa shape index (κ3) is 4.59. The van der Waals surface area contributed by atoms with Crippen LogP contribution < -0.4 is 5.32 Å². The molecule has 2 amide bonds. The Balaban J connectivity index is 1.69. The number of hydrogen-bond acceptors (Lipinski definition) is 4. The first-order chi connectivity index (χ1) is 13.0. The number of carboxylic acids is 1. The summed E-state index contributed by atoms with van der Waals surface area (Å²) in [5.41, 5.74) is 0.830. The summed E-state index contributed by atoms with van der Waals surface area (Å²) in [6.45, 7) is 2.05. The lowest BCUT2D eigenvalue weighted by atomic mass is 9.78. The Kier molecular flexibility index (Phi) is 6.34. The Hall–Kier alpha value is -2.12. The number of nitrogens with zero attached hydrogens (tertiary/aromatic N) is 1. The van der Waals surface area contributed by atoms with Crippen molar-refractivity contribution in [2.45, 2.75) is 25.7 Å². The highest BCUT2D eigenvalue weighted by atomic mass is 35.5. The number of amides is 2. The molecule has 0 radical (unpaired) electrons. The van der Waals surface area contributed by atoms with Crippen molar-refractivity contribution in [3.05, 3.63) is 28.8 Å². The van der Waals surface area contributed by atoms with Crippen LogP contribution in [-0.4, -0.2) is 54.1 Å². The average molecular weight is 395 g/mol. The van der Waals surface area contributed by atoms with Crippen LogP contribution in [0.15, 0.2) is 18.2 Å². The molecule has 2 aliphatic rings. The maximum absolute atomic E-state index is 12.6. The van der Waals surface area contributed by atoms with Gasteiger partial charge in [-0.2, -0.15) is 0 Å². The summed E-state index contributed by atoms with van der Waals surface area (Å²) in [6.07, 6.45) is 2.74. The molecule has 2 atom stereocenters. The van der Waals surface area contributed by atoms with Crippen LogP contribution in [0.4, 0.5) is 5.69 Å². The van der Waals surface area contributed by atoms with E-state index in [-0.39, 0.29) is 16.8 Å². The van der Waals surface area contributed by atoms with E-state index >= 15 is 0 Å². The smallest absolute Gasteiger partial charge is 0.307 e. The molecular formula is C19H23ClN2O5. The van der Waals surface area contributed by atoms with E-state index in [2.05, 4.69) is 5.32 Å². The van der Waals surface area contributed by atoms with Crippen LogP contribution in [0.3, 0.4) is 0 Å². The Morgan fingerprint density at radius 1 is 1.11 bits per heavy atom. The number of ether oxygens (including phenoxy) is 1. The van der Waals surface area contributed by atoms with Crippen LogP contribution in [0.25, 0.3) is 0 Å². The van der Waals surface area contributed by atoms with E-state index in [0.29, 0.717) is 50.4 Å². The second kappa shape index (κ2) is 8.71. The topological polar surface area (TPSA) is 95.9 Å². The van der Waals surface area contributed by atoms with Gasteiger partial charge in [0, 0.05) is 18.8 Å². The molecule has 0 unspecified atom stereocenters. The summed E-state index contributed by atoms with van der Waals surface area (Å²) in [7, 11) is 0. The van der Waals surface area contributed by atoms with E-state index < -0.39 is 17.8 Å². The van der Waals surface area contributed by atoms with Gasteiger partial charge in [-0.15, -0.1) is 0 Å². The molecule has 2 fully saturated rings. The van der Waals surface area contributed by atoms with E-state index in [1.165, 1.54) is 6.07 Å². The summed E-state index contributed by atoms with van der Waals surface area (Å²) in [5.74, 6) is -2.62. The van der Waals surface area contributed by atoms with Gasteiger partial charge in [-0.25, -0.2) is 0 Å². The molecular weight excluding hydrogens is 372 g/mol. The molecule has 1 aromatic rings. The minimum Gasteiger partial charge on any atom is -0.481 e. The molecule has 0 spiro atoms. The molecule has 1 heterocycles. The van der Waals surface area contributed by atoms with E-state index in [9.17, 15) is 19.5 Å². The first-order valence-electron chi connectivity index (χ1n) is 9.17. The minimum atomic E-state index is -0.931. The number of nitrogens with one attached hydrogen (secondary N) is 1. The Morgan fingerprint density at radius 3 is 2.41 bits per heavy atom. The molecule has 0 aromatic heterocycles. The summed E-state index contributed by atoms with van der Waals surface area (Å²) in [4.78, 5) is 38.2. The van der Waals surface area contributed by atoms with Gasteiger partial charge < -0.3 is 20.1 Å². The Morgan fingerprint density at radius 2 is 1.78 bits per heavy atom.